The molecule has 10 heteroatoms. The molecule has 6 radical (unpaired) electrons. The molecule has 2 nitrogen and oxygen atoms in total. The summed E-state index contributed by atoms with van der Waals surface area (Å²) in [6.45, 7) is 0. The molecule has 0 atom stereocenters. The van der Waals surface area contributed by atoms with Gasteiger partial charge in [-0.15, -0.1) is 0 Å². The zero-order valence-electron chi connectivity index (χ0n) is 12.2. The van der Waals surface area contributed by atoms with Crippen molar-refractivity contribution in [2.24, 2.45) is 0 Å². The molecule has 0 unspecified atom stereocenters. The first-order chi connectivity index (χ1) is 9.52. The van der Waals surface area contributed by atoms with Crippen molar-refractivity contribution >= 4 is 94.0 Å². The Morgan fingerprint density at radius 3 is 1.35 bits per heavy atom. The number of rotatable bonds is 7. The highest BCUT2D eigenvalue weighted by atomic mass is 33.7. The van der Waals surface area contributed by atoms with Crippen LogP contribution in [0.3, 0.4) is 0 Å². The predicted molar refractivity (Wildman–Crippen MR) is 111 cm³/mol. The Balaban J connectivity index is 4.09. The van der Waals surface area contributed by atoms with Crippen LogP contribution in [0.15, 0.2) is 0 Å². The van der Waals surface area contributed by atoms with Gasteiger partial charge in [0.1, 0.15) is 28.2 Å². The molecule has 0 spiro atoms. The SMILES string of the molecule is C[N+](C)=C(SCC[Si])SSSSC(SCC[Si])=[N+](C)C. The molecule has 0 aliphatic heterocycles. The maximum atomic E-state index is 3.52. The van der Waals surface area contributed by atoms with Gasteiger partial charge in [-0.3, -0.25) is 0 Å². The van der Waals surface area contributed by atoms with Gasteiger partial charge >= 0.3 is 0 Å². The van der Waals surface area contributed by atoms with Crippen molar-refractivity contribution in [2.45, 2.75) is 12.1 Å². The molecule has 0 amide bonds. The highest BCUT2D eigenvalue weighted by Crippen LogP contribution is 2.46. The van der Waals surface area contributed by atoms with Crippen molar-refractivity contribution < 1.29 is 9.15 Å². The third-order valence-corrected chi connectivity index (χ3v) is 12.7. The minimum absolute atomic E-state index is 1.02. The smallest absolute Gasteiger partial charge is 0.223 e. The first-order valence-corrected chi connectivity index (χ1v) is 14.0. The molecule has 0 bridgehead atoms. The third-order valence-electron chi connectivity index (χ3n) is 1.62. The van der Waals surface area contributed by atoms with Gasteiger partial charge in [-0.05, 0) is 43.2 Å². The van der Waals surface area contributed by atoms with Crippen molar-refractivity contribution in [3.8, 4) is 0 Å². The summed E-state index contributed by atoms with van der Waals surface area (Å²) >= 11 is 3.79. The lowest BCUT2D eigenvalue weighted by Gasteiger charge is -2.02. The van der Waals surface area contributed by atoms with Gasteiger partial charge in [-0.1, -0.05) is 12.1 Å². The topological polar surface area (TPSA) is 6.02 Å². The summed E-state index contributed by atoms with van der Waals surface area (Å²) in [4.78, 5) is 0. The minimum Gasteiger partial charge on any atom is -0.223 e. The Hall–Kier alpha value is 1.87. The maximum absolute atomic E-state index is 3.52. The van der Waals surface area contributed by atoms with Gasteiger partial charge in [-0.25, -0.2) is 9.15 Å². The first kappa shape index (κ1) is 21.9. The molecule has 0 saturated carbocycles. The molecular weight excluding hydrogens is 397 g/mol. The van der Waals surface area contributed by atoms with E-state index >= 15 is 0 Å². The molecule has 0 aromatic rings. The van der Waals surface area contributed by atoms with Gasteiger partial charge in [0.25, 0.3) is 8.75 Å². The zero-order valence-corrected chi connectivity index (χ0v) is 19.1. The van der Waals surface area contributed by atoms with Gasteiger partial charge in [0.2, 0.25) is 0 Å². The van der Waals surface area contributed by atoms with Gasteiger partial charge < -0.3 is 0 Å². The fraction of sp³-hybridized carbons (Fsp3) is 0.800. The Bertz CT molecular complexity index is 298. The largest absolute Gasteiger partial charge is 0.281 e. The molecule has 0 aromatic heterocycles. The van der Waals surface area contributed by atoms with Crippen molar-refractivity contribution in [3.05, 3.63) is 0 Å². The van der Waals surface area contributed by atoms with E-state index < -0.39 is 0 Å². The van der Waals surface area contributed by atoms with E-state index in [1.165, 1.54) is 8.75 Å². The molecule has 0 heterocycles. The van der Waals surface area contributed by atoms with Crippen molar-refractivity contribution in [1.82, 2.24) is 0 Å². The molecular formula is C10H20N2S6Si2+2. The highest BCUT2D eigenvalue weighted by molar-refractivity contribution is 9.30. The standard InChI is InChI=1S/C10H20N2S6Si2/c1-11(2)9(13-5-7-19)15-17-18-16-10(12(3)4)14-6-8-20/h5-8H2,1-4H3/q+2. The van der Waals surface area contributed by atoms with E-state index in [-0.39, 0.29) is 0 Å². The molecule has 20 heavy (non-hydrogen) atoms. The van der Waals surface area contributed by atoms with Crippen molar-refractivity contribution in [3.63, 3.8) is 0 Å². The van der Waals surface area contributed by atoms with Crippen molar-refractivity contribution in [2.75, 3.05) is 39.7 Å². The molecule has 0 rings (SSSR count). The van der Waals surface area contributed by atoms with Crippen LogP contribution in [0.4, 0.5) is 0 Å². The summed E-state index contributed by atoms with van der Waals surface area (Å²) < 4.78 is 7.07. The summed E-state index contributed by atoms with van der Waals surface area (Å²) in [7, 11) is 22.8. The monoisotopic (exact) mass is 416 g/mol. The van der Waals surface area contributed by atoms with Crippen LogP contribution in [0.5, 0.6) is 0 Å². The third kappa shape index (κ3) is 11.4. The maximum Gasteiger partial charge on any atom is 0.281 e. The van der Waals surface area contributed by atoms with E-state index in [4.69, 9.17) is 0 Å². The van der Waals surface area contributed by atoms with Crippen LogP contribution in [0.25, 0.3) is 0 Å². The van der Waals surface area contributed by atoms with E-state index in [9.17, 15) is 0 Å². The normalized spacial score (nSPS) is 10.5. The van der Waals surface area contributed by atoms with Gasteiger partial charge in [-0.2, -0.15) is 0 Å². The lowest BCUT2D eigenvalue weighted by molar-refractivity contribution is -0.458. The highest BCUT2D eigenvalue weighted by Gasteiger charge is 2.14. The molecule has 0 saturated heterocycles. The summed E-state index contributed by atoms with van der Waals surface area (Å²) in [5, 5.41) is 0. The molecule has 0 aliphatic rings. The number of hydrogen-bond donors (Lipinski definition) is 0. The molecule has 0 aromatic carbocycles. The lowest BCUT2D eigenvalue weighted by Crippen LogP contribution is -2.06. The number of thioether (sulfide) groups is 2. The van der Waals surface area contributed by atoms with Gasteiger partial charge in [0, 0.05) is 53.6 Å². The van der Waals surface area contributed by atoms with Crippen LogP contribution < -0.4 is 0 Å². The fourth-order valence-corrected chi connectivity index (χ4v) is 10.7. The Morgan fingerprint density at radius 2 is 1.10 bits per heavy atom. The summed E-state index contributed by atoms with van der Waals surface area (Å²) in [6, 6.07) is 2.05. The van der Waals surface area contributed by atoms with Crippen LogP contribution in [0, 0.1) is 0 Å². The van der Waals surface area contributed by atoms with Gasteiger partial charge in [0.05, 0.1) is 0 Å². The molecule has 0 N–H and O–H groups in total. The van der Waals surface area contributed by atoms with Crippen LogP contribution in [0.1, 0.15) is 0 Å². The molecule has 0 aliphatic carbocycles. The second-order valence-corrected chi connectivity index (χ2v) is 13.1. The Kier molecular flexibility index (Phi) is 15.8. The van der Waals surface area contributed by atoms with Crippen LogP contribution in [-0.4, -0.2) is 78.1 Å². The molecule has 0 fully saturated rings. The average molecular weight is 417 g/mol. The van der Waals surface area contributed by atoms with Crippen LogP contribution in [-0.2, 0) is 0 Å². The fourth-order valence-electron chi connectivity index (χ4n) is 0.818. The second-order valence-electron chi connectivity index (χ2n) is 3.82. The minimum atomic E-state index is 1.02. The van der Waals surface area contributed by atoms with E-state index in [1.807, 2.05) is 64.8 Å². The van der Waals surface area contributed by atoms with E-state index in [0.29, 0.717) is 0 Å². The summed E-state index contributed by atoms with van der Waals surface area (Å²) in [5.41, 5.74) is 0. The summed E-state index contributed by atoms with van der Waals surface area (Å²) in [5.74, 6) is 2.21. The number of nitrogens with zero attached hydrogens (tertiary/aromatic N) is 2. The Morgan fingerprint density at radius 1 is 0.750 bits per heavy atom. The van der Waals surface area contributed by atoms with Crippen LogP contribution >= 0.6 is 64.8 Å². The zero-order chi connectivity index (χ0) is 15.4. The number of hydrogen-bond acceptors (Lipinski definition) is 6. The quantitative estimate of drug-likeness (QED) is 0.155. The molecule has 112 valence electrons. The van der Waals surface area contributed by atoms with E-state index in [2.05, 4.69) is 57.8 Å². The lowest BCUT2D eigenvalue weighted by atomic mass is 11.0. The van der Waals surface area contributed by atoms with Crippen LogP contribution in [0.2, 0.25) is 12.1 Å². The average Bonchev–Trinajstić information content (AvgIpc) is 2.40. The van der Waals surface area contributed by atoms with E-state index in [0.717, 1.165) is 23.6 Å². The predicted octanol–water partition coefficient (Wildman–Crippen LogP) is 3.56. The first-order valence-electron chi connectivity index (χ1n) is 5.84. The van der Waals surface area contributed by atoms with E-state index in [1.54, 1.807) is 0 Å². The van der Waals surface area contributed by atoms with Gasteiger partial charge in [0.15, 0.2) is 0 Å². The second kappa shape index (κ2) is 14.5. The Labute approximate surface area is 154 Å². The van der Waals surface area contributed by atoms with Crippen molar-refractivity contribution in [1.29, 1.82) is 0 Å². The summed E-state index contributed by atoms with van der Waals surface area (Å²) in [6.07, 6.45) is 0.